The van der Waals surface area contributed by atoms with E-state index in [0.717, 1.165) is 5.56 Å². The monoisotopic (exact) mass is 409 g/mol. The summed E-state index contributed by atoms with van der Waals surface area (Å²) in [5, 5.41) is 2.76. The predicted octanol–water partition coefficient (Wildman–Crippen LogP) is 5.41. The fraction of sp³-hybridized carbons (Fsp3) is 0.148. The van der Waals surface area contributed by atoms with Crippen LogP contribution in [-0.2, 0) is 10.2 Å². The van der Waals surface area contributed by atoms with Crippen LogP contribution in [0.25, 0.3) is 6.08 Å². The summed E-state index contributed by atoms with van der Waals surface area (Å²) in [7, 11) is 0. The van der Waals surface area contributed by atoms with Crippen molar-refractivity contribution in [1.82, 2.24) is 0 Å². The lowest BCUT2D eigenvalue weighted by molar-refractivity contribution is -0.111. The molecule has 0 spiro atoms. The Kier molecular flexibility index (Phi) is 5.15. The smallest absolute Gasteiger partial charge is 0.248 e. The van der Waals surface area contributed by atoms with Gasteiger partial charge >= 0.3 is 0 Å². The van der Waals surface area contributed by atoms with E-state index in [0.29, 0.717) is 22.4 Å². The molecule has 0 aromatic heterocycles. The van der Waals surface area contributed by atoms with Gasteiger partial charge in [-0.2, -0.15) is 0 Å². The highest BCUT2D eigenvalue weighted by atomic mass is 16.2. The Morgan fingerprint density at radius 2 is 1.39 bits per heavy atom. The summed E-state index contributed by atoms with van der Waals surface area (Å²) in [5.74, 6) is -0.842. The normalized spacial score (nSPS) is 13.1. The Hall–Kier alpha value is -3.79. The van der Waals surface area contributed by atoms with E-state index in [2.05, 4.69) is 26.1 Å². The number of benzene rings is 3. The SMILES string of the molecule is CC(C)(C)c1ccc(C=CC(=O)Nc2cccc3c2C(=O)c2ccccc2C3=O)cc1. The summed E-state index contributed by atoms with van der Waals surface area (Å²) in [6.07, 6.45) is 3.15. The summed E-state index contributed by atoms with van der Waals surface area (Å²) in [6, 6.07) is 19.7. The number of nitrogens with one attached hydrogen (secondary N) is 1. The molecule has 0 fully saturated rings. The van der Waals surface area contributed by atoms with Gasteiger partial charge in [0.1, 0.15) is 0 Å². The molecule has 0 unspecified atom stereocenters. The van der Waals surface area contributed by atoms with E-state index in [1.165, 1.54) is 11.6 Å². The van der Waals surface area contributed by atoms with Crippen LogP contribution in [0.1, 0.15) is 63.7 Å². The molecule has 1 amide bonds. The Morgan fingerprint density at radius 3 is 2.03 bits per heavy atom. The third-order valence-electron chi connectivity index (χ3n) is 5.41. The first-order valence-corrected chi connectivity index (χ1v) is 10.2. The highest BCUT2D eigenvalue weighted by Gasteiger charge is 2.31. The second-order valence-corrected chi connectivity index (χ2v) is 8.63. The number of anilines is 1. The van der Waals surface area contributed by atoms with Gasteiger partial charge in [0.15, 0.2) is 11.6 Å². The molecule has 4 rings (SSSR count). The summed E-state index contributed by atoms with van der Waals surface area (Å²) in [6.45, 7) is 6.45. The van der Waals surface area contributed by atoms with E-state index in [4.69, 9.17) is 0 Å². The zero-order valence-electron chi connectivity index (χ0n) is 17.7. The van der Waals surface area contributed by atoms with Gasteiger partial charge in [-0.3, -0.25) is 14.4 Å². The zero-order valence-corrected chi connectivity index (χ0v) is 17.7. The molecular formula is C27H23NO3. The Labute approximate surface area is 181 Å². The topological polar surface area (TPSA) is 63.2 Å². The second kappa shape index (κ2) is 7.80. The van der Waals surface area contributed by atoms with E-state index in [9.17, 15) is 14.4 Å². The molecule has 0 heterocycles. The van der Waals surface area contributed by atoms with Crippen LogP contribution in [-0.4, -0.2) is 17.5 Å². The van der Waals surface area contributed by atoms with Gasteiger partial charge in [-0.1, -0.05) is 81.4 Å². The maximum absolute atomic E-state index is 13.0. The van der Waals surface area contributed by atoms with Crippen molar-refractivity contribution in [3.63, 3.8) is 0 Å². The van der Waals surface area contributed by atoms with Crippen molar-refractivity contribution >= 4 is 29.2 Å². The number of amides is 1. The quantitative estimate of drug-likeness (QED) is 0.460. The fourth-order valence-corrected chi connectivity index (χ4v) is 3.69. The Morgan fingerprint density at radius 1 is 0.774 bits per heavy atom. The molecule has 0 saturated heterocycles. The molecule has 0 radical (unpaired) electrons. The third-order valence-corrected chi connectivity index (χ3v) is 5.41. The van der Waals surface area contributed by atoms with E-state index in [1.54, 1.807) is 48.5 Å². The molecule has 0 bridgehead atoms. The van der Waals surface area contributed by atoms with Crippen LogP contribution in [0, 0.1) is 0 Å². The number of carbonyl (C=O) groups is 3. The van der Waals surface area contributed by atoms with Crippen LogP contribution in [0.2, 0.25) is 0 Å². The summed E-state index contributed by atoms with van der Waals surface area (Å²) in [4.78, 5) is 38.4. The summed E-state index contributed by atoms with van der Waals surface area (Å²) >= 11 is 0. The Bertz CT molecular complexity index is 1230. The lowest BCUT2D eigenvalue weighted by atomic mass is 9.83. The molecule has 154 valence electrons. The number of hydrogen-bond acceptors (Lipinski definition) is 3. The molecule has 4 heteroatoms. The highest BCUT2D eigenvalue weighted by Crippen LogP contribution is 2.32. The molecule has 0 aliphatic heterocycles. The predicted molar refractivity (Wildman–Crippen MR) is 123 cm³/mol. The van der Waals surface area contributed by atoms with Gasteiger partial charge < -0.3 is 5.32 Å². The lowest BCUT2D eigenvalue weighted by Gasteiger charge is -2.20. The number of carbonyl (C=O) groups excluding carboxylic acids is 3. The summed E-state index contributed by atoms with van der Waals surface area (Å²) in [5.41, 5.74) is 3.81. The van der Waals surface area contributed by atoms with Crippen LogP contribution < -0.4 is 5.32 Å². The number of ketones is 2. The molecule has 31 heavy (non-hydrogen) atoms. The standard InChI is InChI=1S/C27H23NO3/c1-27(2,3)18-14-11-17(12-15-18)13-16-23(29)28-22-10-6-9-21-24(22)26(31)20-8-5-4-7-19(20)25(21)30/h4-16H,1-3H3,(H,28,29). The first kappa shape index (κ1) is 20.5. The first-order valence-electron chi connectivity index (χ1n) is 10.2. The molecule has 1 N–H and O–H groups in total. The summed E-state index contributed by atoms with van der Waals surface area (Å²) < 4.78 is 0. The first-order chi connectivity index (χ1) is 14.8. The van der Waals surface area contributed by atoms with Crippen LogP contribution >= 0.6 is 0 Å². The van der Waals surface area contributed by atoms with Crippen molar-refractivity contribution in [3.8, 4) is 0 Å². The van der Waals surface area contributed by atoms with Gasteiger partial charge in [-0.25, -0.2) is 0 Å². The molecule has 1 aliphatic rings. The van der Waals surface area contributed by atoms with Crippen molar-refractivity contribution < 1.29 is 14.4 Å². The minimum atomic E-state index is -0.368. The van der Waals surface area contributed by atoms with Crippen molar-refractivity contribution in [3.05, 3.63) is 106 Å². The van der Waals surface area contributed by atoms with Crippen LogP contribution in [0.5, 0.6) is 0 Å². The zero-order chi connectivity index (χ0) is 22.2. The van der Waals surface area contributed by atoms with Gasteiger partial charge in [0.2, 0.25) is 5.91 Å². The minimum absolute atomic E-state index is 0.0641. The molecule has 3 aromatic rings. The van der Waals surface area contributed by atoms with Crippen molar-refractivity contribution in [2.45, 2.75) is 26.2 Å². The van der Waals surface area contributed by atoms with E-state index in [1.807, 2.05) is 24.3 Å². The van der Waals surface area contributed by atoms with Crippen LogP contribution in [0.3, 0.4) is 0 Å². The molecule has 4 nitrogen and oxygen atoms in total. The maximum Gasteiger partial charge on any atom is 0.248 e. The molecule has 1 aliphatic carbocycles. The lowest BCUT2D eigenvalue weighted by Crippen LogP contribution is -2.23. The molecule has 3 aromatic carbocycles. The Balaban J connectivity index is 1.57. The van der Waals surface area contributed by atoms with E-state index < -0.39 is 0 Å². The number of fused-ring (bicyclic) bond motifs is 2. The number of hydrogen-bond donors (Lipinski definition) is 1. The van der Waals surface area contributed by atoms with Crippen molar-refractivity contribution in [1.29, 1.82) is 0 Å². The third kappa shape index (κ3) is 3.97. The van der Waals surface area contributed by atoms with Gasteiger partial charge in [0.05, 0.1) is 11.3 Å². The average molecular weight is 409 g/mol. The van der Waals surface area contributed by atoms with E-state index >= 15 is 0 Å². The van der Waals surface area contributed by atoms with Gasteiger partial charge in [0.25, 0.3) is 0 Å². The van der Waals surface area contributed by atoms with Crippen LogP contribution in [0.15, 0.2) is 72.8 Å². The largest absolute Gasteiger partial charge is 0.322 e. The van der Waals surface area contributed by atoms with Gasteiger partial charge in [-0.05, 0) is 28.7 Å². The van der Waals surface area contributed by atoms with Crippen molar-refractivity contribution in [2.24, 2.45) is 0 Å². The molecule has 0 atom stereocenters. The maximum atomic E-state index is 13.0. The van der Waals surface area contributed by atoms with Gasteiger partial charge in [0, 0.05) is 22.8 Å². The van der Waals surface area contributed by atoms with Gasteiger partial charge in [-0.15, -0.1) is 0 Å². The average Bonchev–Trinajstić information content (AvgIpc) is 2.75. The fourth-order valence-electron chi connectivity index (χ4n) is 3.69. The second-order valence-electron chi connectivity index (χ2n) is 8.63. The highest BCUT2D eigenvalue weighted by molar-refractivity contribution is 6.30. The molecule has 0 saturated carbocycles. The molecular weight excluding hydrogens is 386 g/mol. The minimum Gasteiger partial charge on any atom is -0.322 e. The van der Waals surface area contributed by atoms with Crippen molar-refractivity contribution in [2.75, 3.05) is 5.32 Å². The van der Waals surface area contributed by atoms with Crippen LogP contribution in [0.4, 0.5) is 5.69 Å². The van der Waals surface area contributed by atoms with E-state index in [-0.39, 0.29) is 28.5 Å². The number of rotatable bonds is 3.